The summed E-state index contributed by atoms with van der Waals surface area (Å²) in [5.74, 6) is -0.801. The fraction of sp³-hybridized carbons (Fsp3) is 0.154. The maximum Gasteiger partial charge on any atom is 0.330 e. The average Bonchev–Trinajstić information content (AvgIpc) is 2.43. The zero-order valence-corrected chi connectivity index (χ0v) is 11.0. The number of carbonyl (C=O) groups is 1. The molecule has 0 aliphatic heterocycles. The van der Waals surface area contributed by atoms with Crippen LogP contribution in [0.25, 0.3) is 0 Å². The maximum absolute atomic E-state index is 12.1. The molecule has 2 N–H and O–H groups in total. The van der Waals surface area contributed by atoms with Gasteiger partial charge in [-0.2, -0.15) is 0 Å². The first-order valence-corrected chi connectivity index (χ1v) is 5.78. The molecule has 0 bridgehead atoms. The van der Waals surface area contributed by atoms with Crippen LogP contribution in [0.5, 0.6) is 5.75 Å². The predicted molar refractivity (Wildman–Crippen MR) is 73.0 cm³/mol. The van der Waals surface area contributed by atoms with Gasteiger partial charge in [-0.25, -0.2) is 4.79 Å². The summed E-state index contributed by atoms with van der Waals surface area (Å²) >= 11 is 0. The lowest BCUT2D eigenvalue weighted by atomic mass is 10.2. The van der Waals surface area contributed by atoms with Gasteiger partial charge >= 0.3 is 5.69 Å². The number of rotatable bonds is 2. The van der Waals surface area contributed by atoms with Crippen LogP contribution in [0.4, 0.5) is 5.69 Å². The molecule has 1 heterocycles. The maximum atomic E-state index is 12.1. The van der Waals surface area contributed by atoms with Crippen molar-refractivity contribution in [2.45, 2.75) is 0 Å². The van der Waals surface area contributed by atoms with Gasteiger partial charge in [0.15, 0.2) is 0 Å². The third-order valence-electron chi connectivity index (χ3n) is 2.84. The predicted octanol–water partition coefficient (Wildman–Crippen LogP) is 0.0419. The zero-order valence-electron chi connectivity index (χ0n) is 11.0. The Labute approximate surface area is 113 Å². The van der Waals surface area contributed by atoms with Gasteiger partial charge in [-0.05, 0) is 12.1 Å². The van der Waals surface area contributed by atoms with Gasteiger partial charge in [0.2, 0.25) is 0 Å². The average molecular weight is 275 g/mol. The summed E-state index contributed by atoms with van der Waals surface area (Å²) in [7, 11) is 2.74. The molecule has 0 unspecified atom stereocenters. The number of nitrogens with one attached hydrogen (secondary N) is 1. The second-order valence-corrected chi connectivity index (χ2v) is 4.27. The lowest BCUT2D eigenvalue weighted by molar-refractivity contribution is 0.102. The van der Waals surface area contributed by atoms with Crippen molar-refractivity contribution >= 4 is 11.6 Å². The molecule has 2 rings (SSSR count). The molecule has 2 aromatic rings. The highest BCUT2D eigenvalue weighted by Crippen LogP contribution is 2.21. The smallest absolute Gasteiger partial charge is 0.330 e. The summed E-state index contributed by atoms with van der Waals surface area (Å²) in [6, 6.07) is 6.15. The zero-order chi connectivity index (χ0) is 14.9. The van der Waals surface area contributed by atoms with Crippen molar-refractivity contribution in [3.8, 4) is 5.75 Å². The van der Waals surface area contributed by atoms with Gasteiger partial charge < -0.3 is 15.0 Å². The van der Waals surface area contributed by atoms with Crippen LogP contribution >= 0.6 is 0 Å². The summed E-state index contributed by atoms with van der Waals surface area (Å²) in [5.41, 5.74) is -1.21. The Kier molecular flexibility index (Phi) is 3.43. The number of benzene rings is 1. The molecule has 1 aromatic carbocycles. The third kappa shape index (κ3) is 2.33. The van der Waals surface area contributed by atoms with E-state index in [1.807, 2.05) is 0 Å². The molecule has 0 saturated carbocycles. The van der Waals surface area contributed by atoms with Gasteiger partial charge in [0.05, 0.1) is 5.69 Å². The molecule has 0 atom stereocenters. The third-order valence-corrected chi connectivity index (χ3v) is 2.84. The molecule has 1 amide bonds. The van der Waals surface area contributed by atoms with E-state index in [-0.39, 0.29) is 17.0 Å². The minimum Gasteiger partial charge on any atom is -0.506 e. The summed E-state index contributed by atoms with van der Waals surface area (Å²) < 4.78 is 1.99. The molecule has 0 aliphatic carbocycles. The first-order chi connectivity index (χ1) is 9.41. The number of nitrogens with zero attached hydrogens (tertiary/aromatic N) is 2. The van der Waals surface area contributed by atoms with Gasteiger partial charge in [0, 0.05) is 20.3 Å². The fourth-order valence-electron chi connectivity index (χ4n) is 1.73. The molecule has 7 heteroatoms. The molecule has 0 saturated heterocycles. The number of anilines is 1. The van der Waals surface area contributed by atoms with Gasteiger partial charge in [-0.3, -0.25) is 14.2 Å². The van der Waals surface area contributed by atoms with E-state index in [9.17, 15) is 19.5 Å². The van der Waals surface area contributed by atoms with Gasteiger partial charge in [0.1, 0.15) is 11.3 Å². The number of phenols is 1. The van der Waals surface area contributed by atoms with Gasteiger partial charge in [0.25, 0.3) is 11.5 Å². The Morgan fingerprint density at radius 1 is 1.20 bits per heavy atom. The normalized spacial score (nSPS) is 10.3. The van der Waals surface area contributed by atoms with E-state index >= 15 is 0 Å². The van der Waals surface area contributed by atoms with E-state index in [1.165, 1.54) is 32.4 Å². The van der Waals surface area contributed by atoms with Crippen molar-refractivity contribution in [2.75, 3.05) is 5.32 Å². The quantitative estimate of drug-likeness (QED) is 0.757. The summed E-state index contributed by atoms with van der Waals surface area (Å²) in [6.07, 6.45) is 1.17. The van der Waals surface area contributed by atoms with Crippen LogP contribution in [0.1, 0.15) is 10.4 Å². The van der Waals surface area contributed by atoms with E-state index in [0.29, 0.717) is 0 Å². The van der Waals surface area contributed by atoms with Crippen LogP contribution in [0.15, 0.2) is 40.1 Å². The monoisotopic (exact) mass is 275 g/mol. The van der Waals surface area contributed by atoms with Crippen molar-refractivity contribution in [2.24, 2.45) is 14.1 Å². The Hall–Kier alpha value is -2.83. The van der Waals surface area contributed by atoms with Crippen LogP contribution in [0.2, 0.25) is 0 Å². The standard InChI is InChI=1S/C13H13N3O4/c1-15-7-8(12(19)16(2)13(15)20)11(18)14-9-5-3-4-6-10(9)17/h3-7,17H,1-2H3,(H,14,18). The van der Waals surface area contributed by atoms with Crippen LogP contribution < -0.4 is 16.6 Å². The number of para-hydroxylation sites is 2. The number of aryl methyl sites for hydroxylation is 1. The lowest BCUT2D eigenvalue weighted by Crippen LogP contribution is -2.40. The molecule has 1 aromatic heterocycles. The SMILES string of the molecule is Cn1cc(C(=O)Nc2ccccc2O)c(=O)n(C)c1=O. The highest BCUT2D eigenvalue weighted by atomic mass is 16.3. The van der Waals surface area contributed by atoms with Crippen molar-refractivity contribution in [1.82, 2.24) is 9.13 Å². The molecular formula is C13H13N3O4. The Balaban J connectivity index is 2.43. The molecule has 0 fully saturated rings. The molecule has 104 valence electrons. The number of aromatic hydroxyl groups is 1. The summed E-state index contributed by atoms with van der Waals surface area (Å²) in [5, 5.41) is 12.0. The highest BCUT2D eigenvalue weighted by molar-refractivity contribution is 6.04. The van der Waals surface area contributed by atoms with Gasteiger partial charge in [-0.15, -0.1) is 0 Å². The Morgan fingerprint density at radius 2 is 1.85 bits per heavy atom. The molecule has 0 aliphatic rings. The van der Waals surface area contributed by atoms with Crippen molar-refractivity contribution < 1.29 is 9.90 Å². The Morgan fingerprint density at radius 3 is 2.50 bits per heavy atom. The van der Waals surface area contributed by atoms with Crippen LogP contribution in [-0.4, -0.2) is 20.1 Å². The first kappa shape index (κ1) is 13.6. The summed E-state index contributed by atoms with van der Waals surface area (Å²) in [6.45, 7) is 0. The topological polar surface area (TPSA) is 93.3 Å². The summed E-state index contributed by atoms with van der Waals surface area (Å²) in [4.78, 5) is 35.5. The largest absolute Gasteiger partial charge is 0.506 e. The second kappa shape index (κ2) is 5.04. The number of hydrogen-bond acceptors (Lipinski definition) is 4. The lowest BCUT2D eigenvalue weighted by Gasteiger charge is -2.08. The highest BCUT2D eigenvalue weighted by Gasteiger charge is 2.15. The number of amides is 1. The van der Waals surface area contributed by atoms with Crippen LogP contribution in [-0.2, 0) is 14.1 Å². The first-order valence-electron chi connectivity index (χ1n) is 5.78. The minimum atomic E-state index is -0.693. The van der Waals surface area contributed by atoms with E-state index < -0.39 is 17.2 Å². The van der Waals surface area contributed by atoms with Crippen molar-refractivity contribution in [3.63, 3.8) is 0 Å². The molecular weight excluding hydrogens is 262 g/mol. The molecule has 0 spiro atoms. The van der Waals surface area contributed by atoms with Crippen LogP contribution in [0, 0.1) is 0 Å². The van der Waals surface area contributed by atoms with E-state index in [1.54, 1.807) is 12.1 Å². The Bertz CT molecular complexity index is 789. The van der Waals surface area contributed by atoms with Crippen molar-refractivity contribution in [3.05, 3.63) is 56.9 Å². The van der Waals surface area contributed by atoms with E-state index in [0.717, 1.165) is 9.13 Å². The second-order valence-electron chi connectivity index (χ2n) is 4.27. The van der Waals surface area contributed by atoms with E-state index in [2.05, 4.69) is 5.32 Å². The number of carbonyl (C=O) groups excluding carboxylic acids is 1. The van der Waals surface area contributed by atoms with Gasteiger partial charge in [-0.1, -0.05) is 12.1 Å². The molecule has 20 heavy (non-hydrogen) atoms. The number of aromatic nitrogens is 2. The molecule has 0 radical (unpaired) electrons. The van der Waals surface area contributed by atoms with E-state index in [4.69, 9.17) is 0 Å². The fourth-order valence-corrected chi connectivity index (χ4v) is 1.73. The minimum absolute atomic E-state index is 0.109. The van der Waals surface area contributed by atoms with Crippen molar-refractivity contribution in [1.29, 1.82) is 0 Å². The van der Waals surface area contributed by atoms with Crippen LogP contribution in [0.3, 0.4) is 0 Å². The number of phenolic OH excluding ortho intramolecular Hbond substituents is 1. The molecule has 7 nitrogen and oxygen atoms in total. The number of hydrogen-bond donors (Lipinski definition) is 2.